The Hall–Kier alpha value is -2.13. The summed E-state index contributed by atoms with van der Waals surface area (Å²) in [5.74, 6) is -4.49. The SMILES string of the molecule is COC(=O)/C(C#N)=C(/O)c1cc(F)c(F)cc1Cl. The molecule has 18 heavy (non-hydrogen) atoms. The molecule has 0 unspecified atom stereocenters. The second kappa shape index (κ2) is 5.47. The Morgan fingerprint density at radius 2 is 2.00 bits per heavy atom. The van der Waals surface area contributed by atoms with Crippen LogP contribution in [0.3, 0.4) is 0 Å². The van der Waals surface area contributed by atoms with E-state index in [4.69, 9.17) is 16.9 Å². The van der Waals surface area contributed by atoms with Crippen LogP contribution in [-0.4, -0.2) is 18.2 Å². The first-order valence-electron chi connectivity index (χ1n) is 4.49. The van der Waals surface area contributed by atoms with Gasteiger partial charge >= 0.3 is 5.97 Å². The van der Waals surface area contributed by atoms with E-state index < -0.39 is 28.9 Å². The molecule has 7 heteroatoms. The molecular weight excluding hydrogens is 268 g/mol. The van der Waals surface area contributed by atoms with Gasteiger partial charge in [0.25, 0.3) is 0 Å². The zero-order valence-electron chi connectivity index (χ0n) is 9.00. The Labute approximate surface area is 106 Å². The summed E-state index contributed by atoms with van der Waals surface area (Å²) in [6, 6.07) is 2.59. The lowest BCUT2D eigenvalue weighted by molar-refractivity contribution is -0.135. The average molecular weight is 274 g/mol. The van der Waals surface area contributed by atoms with Crippen LogP contribution >= 0.6 is 11.6 Å². The van der Waals surface area contributed by atoms with Crippen LogP contribution in [0.25, 0.3) is 5.76 Å². The highest BCUT2D eigenvalue weighted by Crippen LogP contribution is 2.27. The van der Waals surface area contributed by atoms with Crippen molar-refractivity contribution < 1.29 is 23.4 Å². The summed E-state index contributed by atoms with van der Waals surface area (Å²) in [7, 11) is 1.000. The van der Waals surface area contributed by atoms with Crippen LogP contribution in [0.15, 0.2) is 17.7 Å². The monoisotopic (exact) mass is 273 g/mol. The van der Waals surface area contributed by atoms with E-state index in [1.807, 2.05) is 0 Å². The highest BCUT2D eigenvalue weighted by atomic mass is 35.5. The molecule has 4 nitrogen and oxygen atoms in total. The summed E-state index contributed by atoms with van der Waals surface area (Å²) < 4.78 is 30.1. The summed E-state index contributed by atoms with van der Waals surface area (Å²) >= 11 is 5.58. The van der Waals surface area contributed by atoms with Gasteiger partial charge in [0.2, 0.25) is 0 Å². The number of carbonyl (C=O) groups is 1. The van der Waals surface area contributed by atoms with Crippen LogP contribution in [0.4, 0.5) is 8.78 Å². The fraction of sp³-hybridized carbons (Fsp3) is 0.0909. The maximum atomic E-state index is 13.0. The smallest absolute Gasteiger partial charge is 0.352 e. The number of aliphatic hydroxyl groups is 1. The van der Waals surface area contributed by atoms with E-state index in [0.29, 0.717) is 12.1 Å². The molecule has 1 N–H and O–H groups in total. The van der Waals surface area contributed by atoms with Crippen LogP contribution in [0.2, 0.25) is 5.02 Å². The van der Waals surface area contributed by atoms with Gasteiger partial charge in [-0.05, 0) is 12.1 Å². The second-order valence-corrected chi connectivity index (χ2v) is 3.48. The minimum absolute atomic E-state index is 0.344. The first kappa shape index (κ1) is 13.9. The van der Waals surface area contributed by atoms with E-state index in [9.17, 15) is 18.7 Å². The van der Waals surface area contributed by atoms with E-state index >= 15 is 0 Å². The number of benzene rings is 1. The number of carbonyl (C=O) groups excluding carboxylic acids is 1. The number of nitrogens with zero attached hydrogens (tertiary/aromatic N) is 1. The Bertz CT molecular complexity index is 578. The van der Waals surface area contributed by atoms with E-state index in [2.05, 4.69) is 4.74 Å². The van der Waals surface area contributed by atoms with Gasteiger partial charge < -0.3 is 9.84 Å². The molecule has 0 heterocycles. The molecule has 0 aliphatic heterocycles. The number of halogens is 3. The Morgan fingerprint density at radius 1 is 1.44 bits per heavy atom. The molecule has 1 aromatic carbocycles. The van der Waals surface area contributed by atoms with Gasteiger partial charge in [-0.15, -0.1) is 0 Å². The summed E-state index contributed by atoms with van der Waals surface area (Å²) in [5.41, 5.74) is -1.14. The molecule has 0 spiro atoms. The van der Waals surface area contributed by atoms with Crippen molar-refractivity contribution in [1.29, 1.82) is 5.26 Å². The van der Waals surface area contributed by atoms with Gasteiger partial charge in [-0.3, -0.25) is 0 Å². The topological polar surface area (TPSA) is 70.3 Å². The minimum atomic E-state index is -1.27. The summed E-state index contributed by atoms with van der Waals surface area (Å²) in [5, 5.41) is 18.0. The van der Waals surface area contributed by atoms with Crippen molar-refractivity contribution in [2.45, 2.75) is 0 Å². The molecule has 0 atom stereocenters. The van der Waals surface area contributed by atoms with Crippen LogP contribution in [-0.2, 0) is 9.53 Å². The van der Waals surface area contributed by atoms with Crippen molar-refractivity contribution in [3.63, 3.8) is 0 Å². The number of hydrogen-bond acceptors (Lipinski definition) is 4. The predicted octanol–water partition coefficient (Wildman–Crippen LogP) is 2.58. The van der Waals surface area contributed by atoms with E-state index in [1.54, 1.807) is 0 Å². The molecule has 0 saturated heterocycles. The Morgan fingerprint density at radius 3 is 2.50 bits per heavy atom. The normalized spacial score (nSPS) is 11.5. The first-order chi connectivity index (χ1) is 8.42. The Kier molecular flexibility index (Phi) is 4.23. The van der Waals surface area contributed by atoms with Gasteiger partial charge in [-0.1, -0.05) is 11.6 Å². The van der Waals surface area contributed by atoms with Crippen molar-refractivity contribution >= 4 is 23.3 Å². The number of methoxy groups -OCH3 is 1. The van der Waals surface area contributed by atoms with Crippen LogP contribution in [0.1, 0.15) is 5.56 Å². The van der Waals surface area contributed by atoms with Crippen molar-refractivity contribution in [2.24, 2.45) is 0 Å². The quantitative estimate of drug-likeness (QED) is 0.296. The third-order valence-electron chi connectivity index (χ3n) is 2.00. The minimum Gasteiger partial charge on any atom is -0.506 e. The maximum Gasteiger partial charge on any atom is 0.352 e. The predicted molar refractivity (Wildman–Crippen MR) is 58.5 cm³/mol. The van der Waals surface area contributed by atoms with Gasteiger partial charge in [0.05, 0.1) is 12.1 Å². The van der Waals surface area contributed by atoms with Gasteiger partial charge in [-0.25, -0.2) is 13.6 Å². The largest absolute Gasteiger partial charge is 0.506 e. The average Bonchev–Trinajstić information content (AvgIpc) is 2.34. The molecule has 94 valence electrons. The number of rotatable bonds is 2. The molecule has 0 saturated carbocycles. The van der Waals surface area contributed by atoms with E-state index in [1.165, 1.54) is 6.07 Å². The number of nitriles is 1. The van der Waals surface area contributed by atoms with Gasteiger partial charge in [0.1, 0.15) is 11.8 Å². The second-order valence-electron chi connectivity index (χ2n) is 3.07. The molecule has 0 bridgehead atoms. The molecule has 0 aromatic heterocycles. The summed E-state index contributed by atoms with van der Waals surface area (Å²) in [4.78, 5) is 11.1. The fourth-order valence-corrected chi connectivity index (χ4v) is 1.38. The van der Waals surface area contributed by atoms with Crippen molar-refractivity contribution in [1.82, 2.24) is 0 Å². The number of esters is 1. The van der Waals surface area contributed by atoms with E-state index in [-0.39, 0.29) is 10.6 Å². The van der Waals surface area contributed by atoms with Gasteiger partial charge in [-0.2, -0.15) is 5.26 Å². The van der Waals surface area contributed by atoms with Gasteiger partial charge in [0, 0.05) is 5.56 Å². The first-order valence-corrected chi connectivity index (χ1v) is 4.86. The molecule has 1 aromatic rings. The Balaban J connectivity index is 3.47. The van der Waals surface area contributed by atoms with Crippen LogP contribution < -0.4 is 0 Å². The van der Waals surface area contributed by atoms with Gasteiger partial charge in [0.15, 0.2) is 17.2 Å². The highest BCUT2D eigenvalue weighted by Gasteiger charge is 2.20. The van der Waals surface area contributed by atoms with Crippen LogP contribution in [0, 0.1) is 23.0 Å². The van der Waals surface area contributed by atoms with Crippen molar-refractivity contribution in [2.75, 3.05) is 7.11 Å². The number of hydrogen-bond donors (Lipinski definition) is 1. The third kappa shape index (κ3) is 2.57. The fourth-order valence-electron chi connectivity index (χ4n) is 1.14. The van der Waals surface area contributed by atoms with Crippen molar-refractivity contribution in [3.8, 4) is 6.07 Å². The molecule has 0 radical (unpaired) electrons. The zero-order valence-corrected chi connectivity index (χ0v) is 9.76. The van der Waals surface area contributed by atoms with Crippen molar-refractivity contribution in [3.05, 3.63) is 39.9 Å². The molecule has 0 aliphatic rings. The highest BCUT2D eigenvalue weighted by molar-refractivity contribution is 6.32. The molecular formula is C11H6ClF2NO3. The molecule has 0 aliphatic carbocycles. The zero-order chi connectivity index (χ0) is 13.9. The van der Waals surface area contributed by atoms with Crippen LogP contribution in [0.5, 0.6) is 0 Å². The lowest BCUT2D eigenvalue weighted by Gasteiger charge is -2.06. The summed E-state index contributed by atoms with van der Waals surface area (Å²) in [6.07, 6.45) is 0. The lowest BCUT2D eigenvalue weighted by atomic mass is 10.1. The number of ether oxygens (including phenoxy) is 1. The molecule has 0 amide bonds. The maximum absolute atomic E-state index is 13.0. The van der Waals surface area contributed by atoms with E-state index in [0.717, 1.165) is 7.11 Å². The standard InChI is InChI=1S/C11H6ClF2NO3/c1-18-11(17)6(4-15)10(16)5-2-8(13)9(14)3-7(5)12/h2-3,16H,1H3/b10-6+. The molecule has 0 fully saturated rings. The summed E-state index contributed by atoms with van der Waals surface area (Å²) in [6.45, 7) is 0. The number of aliphatic hydroxyl groups excluding tert-OH is 1. The molecule has 1 rings (SSSR count). The third-order valence-corrected chi connectivity index (χ3v) is 2.32. The lowest BCUT2D eigenvalue weighted by Crippen LogP contribution is -2.06.